The van der Waals surface area contributed by atoms with Crippen molar-refractivity contribution in [3.63, 3.8) is 0 Å². The number of rotatable bonds is 5. The maximum Gasteiger partial charge on any atom is 0.268 e. The number of amides is 2. The highest BCUT2D eigenvalue weighted by molar-refractivity contribution is 5.96. The second kappa shape index (κ2) is 15.2. The number of benzene rings is 2. The molecule has 0 aliphatic carbocycles. The van der Waals surface area contributed by atoms with Crippen LogP contribution >= 0.6 is 0 Å². The molecule has 0 saturated carbocycles. The van der Waals surface area contributed by atoms with Gasteiger partial charge >= 0.3 is 0 Å². The van der Waals surface area contributed by atoms with Crippen molar-refractivity contribution < 1.29 is 29.0 Å². The van der Waals surface area contributed by atoms with Crippen molar-refractivity contribution in [3.8, 4) is 11.5 Å². The Labute approximate surface area is 247 Å². The van der Waals surface area contributed by atoms with E-state index in [4.69, 9.17) is 9.47 Å². The van der Waals surface area contributed by atoms with Gasteiger partial charge in [-0.2, -0.15) is 0 Å². The third-order valence-corrected chi connectivity index (χ3v) is 7.22. The maximum absolute atomic E-state index is 13.3. The number of hydrogen-bond donors (Lipinski definition) is 4. The zero-order valence-electron chi connectivity index (χ0n) is 24.3. The number of aliphatic hydroxyl groups excluding tert-OH is 1. The second-order valence-corrected chi connectivity index (χ2v) is 11.2. The van der Waals surface area contributed by atoms with E-state index in [0.29, 0.717) is 43.9 Å². The first-order chi connectivity index (χ1) is 20.3. The number of aryl methyl sites for hydroxylation is 1. The Balaban J connectivity index is 1.53. The average Bonchev–Trinajstić information content (AvgIpc) is 3.48. The van der Waals surface area contributed by atoms with Gasteiger partial charge in [0.15, 0.2) is 0 Å². The van der Waals surface area contributed by atoms with Crippen molar-refractivity contribution in [2.75, 3.05) is 13.2 Å². The molecule has 3 aromatic rings. The fourth-order valence-electron chi connectivity index (χ4n) is 4.88. The lowest BCUT2D eigenvalue weighted by molar-refractivity contribution is -0.125. The van der Waals surface area contributed by atoms with E-state index in [2.05, 4.69) is 15.6 Å². The van der Waals surface area contributed by atoms with Crippen LogP contribution in [-0.2, 0) is 22.4 Å². The quantitative estimate of drug-likeness (QED) is 0.336. The van der Waals surface area contributed by atoms with E-state index in [-0.39, 0.29) is 18.0 Å². The van der Waals surface area contributed by atoms with Crippen LogP contribution in [0.25, 0.3) is 0 Å². The molecule has 3 atom stereocenters. The van der Waals surface area contributed by atoms with Gasteiger partial charge in [-0.1, -0.05) is 38.1 Å². The summed E-state index contributed by atoms with van der Waals surface area (Å²) in [5.74, 6) is 0.802. The number of nitrogens with one attached hydrogen (secondary N) is 3. The van der Waals surface area contributed by atoms with E-state index in [9.17, 15) is 19.5 Å². The molecule has 4 aliphatic heterocycles. The van der Waals surface area contributed by atoms with E-state index >= 15 is 0 Å². The van der Waals surface area contributed by atoms with Gasteiger partial charge in [0, 0.05) is 12.1 Å². The van der Waals surface area contributed by atoms with Gasteiger partial charge < -0.3 is 35.0 Å². The normalized spacial score (nSPS) is 19.2. The number of ether oxygens (including phenoxy) is 2. The summed E-state index contributed by atoms with van der Waals surface area (Å²) in [7, 11) is 0. The topological polar surface area (TPSA) is 130 Å². The van der Waals surface area contributed by atoms with Crippen LogP contribution in [0.15, 0.2) is 60.7 Å². The first-order valence-electron chi connectivity index (χ1n) is 14.7. The Bertz CT molecular complexity index is 1300. The van der Waals surface area contributed by atoms with Gasteiger partial charge in [-0.3, -0.25) is 9.59 Å². The van der Waals surface area contributed by atoms with E-state index in [0.717, 1.165) is 36.0 Å². The van der Waals surface area contributed by atoms with Crippen molar-refractivity contribution in [1.82, 2.24) is 15.6 Å². The molecule has 6 bridgehead atoms. The molecule has 3 unspecified atom stereocenters. The van der Waals surface area contributed by atoms with Crippen molar-refractivity contribution >= 4 is 18.1 Å². The number of aliphatic hydroxyl groups is 1. The van der Waals surface area contributed by atoms with E-state index in [1.807, 2.05) is 62.4 Å². The molecule has 7 rings (SSSR count). The van der Waals surface area contributed by atoms with E-state index in [1.165, 1.54) is 0 Å². The Kier molecular flexibility index (Phi) is 11.2. The molecule has 1 aromatic heterocycles. The number of hydrogen-bond acceptors (Lipinski definition) is 6. The smallest absolute Gasteiger partial charge is 0.268 e. The van der Waals surface area contributed by atoms with Crippen molar-refractivity contribution in [1.29, 1.82) is 0 Å². The largest absolute Gasteiger partial charge is 0.494 e. The molecule has 5 heterocycles. The van der Waals surface area contributed by atoms with Crippen molar-refractivity contribution in [2.24, 2.45) is 5.92 Å². The van der Waals surface area contributed by atoms with Gasteiger partial charge in [0.25, 0.3) is 5.91 Å². The highest BCUT2D eigenvalue weighted by atomic mass is 16.5. The Morgan fingerprint density at radius 2 is 1.60 bits per heavy atom. The molecular weight excluding hydrogens is 534 g/mol. The summed E-state index contributed by atoms with van der Waals surface area (Å²) in [4.78, 5) is 41.2. The third-order valence-electron chi connectivity index (χ3n) is 7.22. The number of aldehydes is 1. The zero-order chi connectivity index (χ0) is 29.9. The molecule has 9 heteroatoms. The number of carbonyl (C=O) groups excluding carboxylic acids is 3. The number of aromatic amines is 1. The van der Waals surface area contributed by atoms with Crippen LogP contribution < -0.4 is 20.1 Å². The molecule has 0 radical (unpaired) electrons. The first kappa shape index (κ1) is 30.8. The second-order valence-electron chi connectivity index (χ2n) is 11.2. The van der Waals surface area contributed by atoms with Crippen LogP contribution in [0.3, 0.4) is 0 Å². The number of aromatic nitrogens is 1. The standard InChI is InChI=1S/C33H41N3O6/c1-22(2)19-25(21-37)34-33(40)30-20-24-7-12-27(13-8-24)42-18-4-3-17-41-26-10-5-23(6-11-26)9-16-31(38)28-14-15-29(35-28)32(39)36-30/h5-8,10-15,21-22,25,30-31,35,38H,3-4,9,16-20H2,1-2H3,(H,34,40)(H,36,39). The van der Waals surface area contributed by atoms with Crippen LogP contribution in [0.2, 0.25) is 0 Å². The van der Waals surface area contributed by atoms with Crippen molar-refractivity contribution in [2.45, 2.75) is 70.6 Å². The molecule has 2 amide bonds. The lowest BCUT2D eigenvalue weighted by Crippen LogP contribution is -2.51. The predicted octanol–water partition coefficient (Wildman–Crippen LogP) is 4.30. The summed E-state index contributed by atoms with van der Waals surface area (Å²) in [6.45, 7) is 5.08. The Hall–Kier alpha value is -4.11. The van der Waals surface area contributed by atoms with Gasteiger partial charge in [0.05, 0.1) is 25.4 Å². The third kappa shape index (κ3) is 9.21. The van der Waals surface area contributed by atoms with Gasteiger partial charge in [0.2, 0.25) is 5.91 Å². The Morgan fingerprint density at radius 3 is 2.19 bits per heavy atom. The molecule has 9 nitrogen and oxygen atoms in total. The van der Waals surface area contributed by atoms with Gasteiger partial charge in [-0.25, -0.2) is 0 Å². The minimum absolute atomic E-state index is 0.208. The average molecular weight is 576 g/mol. The molecule has 0 saturated heterocycles. The fraction of sp³-hybridized carbons (Fsp3) is 0.424. The molecule has 224 valence electrons. The highest BCUT2D eigenvalue weighted by Gasteiger charge is 2.25. The molecule has 0 fully saturated rings. The van der Waals surface area contributed by atoms with Crippen LogP contribution in [-0.4, -0.2) is 53.5 Å². The number of carbonyl (C=O) groups is 3. The summed E-state index contributed by atoms with van der Waals surface area (Å²) in [6.07, 6.45) is 3.44. The maximum atomic E-state index is 13.3. The molecule has 4 aliphatic rings. The van der Waals surface area contributed by atoms with Gasteiger partial charge in [-0.15, -0.1) is 0 Å². The zero-order valence-corrected chi connectivity index (χ0v) is 24.3. The van der Waals surface area contributed by atoms with Gasteiger partial charge in [0.1, 0.15) is 29.5 Å². The number of H-pyrrole nitrogens is 1. The summed E-state index contributed by atoms with van der Waals surface area (Å²) >= 11 is 0. The minimum Gasteiger partial charge on any atom is -0.494 e. The summed E-state index contributed by atoms with van der Waals surface area (Å²) in [6, 6.07) is 16.9. The molecule has 4 N–H and O–H groups in total. The van der Waals surface area contributed by atoms with Crippen LogP contribution in [0, 0.1) is 5.92 Å². The lowest BCUT2D eigenvalue weighted by Gasteiger charge is -2.22. The first-order valence-corrected chi connectivity index (χ1v) is 14.7. The Morgan fingerprint density at radius 1 is 0.976 bits per heavy atom. The van der Waals surface area contributed by atoms with Crippen LogP contribution in [0.1, 0.15) is 72.9 Å². The van der Waals surface area contributed by atoms with E-state index in [1.54, 1.807) is 12.1 Å². The molecule has 2 aromatic carbocycles. The monoisotopic (exact) mass is 575 g/mol. The van der Waals surface area contributed by atoms with Gasteiger partial charge in [-0.05, 0) is 85.5 Å². The van der Waals surface area contributed by atoms with Crippen LogP contribution in [0.4, 0.5) is 0 Å². The predicted molar refractivity (Wildman–Crippen MR) is 160 cm³/mol. The summed E-state index contributed by atoms with van der Waals surface area (Å²) in [5, 5.41) is 16.4. The minimum atomic E-state index is -0.927. The lowest BCUT2D eigenvalue weighted by atomic mass is 10.0. The molecule has 0 spiro atoms. The highest BCUT2D eigenvalue weighted by Crippen LogP contribution is 2.21. The molecule has 42 heavy (non-hydrogen) atoms. The molecular formula is C33H41N3O6. The summed E-state index contributed by atoms with van der Waals surface area (Å²) < 4.78 is 11.7. The fourth-order valence-corrected chi connectivity index (χ4v) is 4.88. The SMILES string of the molecule is CC(C)CC(C=O)NC(=O)C1Cc2ccc(cc2)OCCCCOc2ccc(cc2)CCC(O)c2ccc([nH]2)C(=O)N1. The van der Waals surface area contributed by atoms with Crippen molar-refractivity contribution in [3.05, 3.63) is 83.2 Å². The van der Waals surface area contributed by atoms with E-state index < -0.39 is 30.0 Å². The van der Waals surface area contributed by atoms with Crippen LogP contribution in [0.5, 0.6) is 11.5 Å². The summed E-state index contributed by atoms with van der Waals surface area (Å²) in [5.41, 5.74) is 2.64.